The average molecular weight is 298 g/mol. The van der Waals surface area contributed by atoms with Crippen LogP contribution < -0.4 is 0 Å². The molecule has 0 N–H and O–H groups in total. The first-order chi connectivity index (χ1) is 10.1. The fraction of sp³-hybridized carbons (Fsp3) is 0.143. The molecule has 0 atom stereocenters. The second kappa shape index (κ2) is 4.05. The molecule has 21 heavy (non-hydrogen) atoms. The maximum Gasteiger partial charge on any atom is 0.297 e. The summed E-state index contributed by atoms with van der Waals surface area (Å²) in [7, 11) is 1.78. The van der Waals surface area contributed by atoms with Gasteiger partial charge in [0, 0.05) is 18.0 Å². The Morgan fingerprint density at radius 1 is 1.19 bits per heavy atom. The molecule has 0 unspecified atom stereocenters. The molecule has 104 valence electrons. The highest BCUT2D eigenvalue weighted by molar-refractivity contribution is 7.98. The Kier molecular flexibility index (Phi) is 2.38. The lowest BCUT2D eigenvalue weighted by Crippen LogP contribution is -2.29. The summed E-state index contributed by atoms with van der Waals surface area (Å²) in [5.74, 6) is -0.478. The fourth-order valence-electron chi connectivity index (χ4n) is 2.75. The van der Waals surface area contributed by atoms with Gasteiger partial charge < -0.3 is 4.57 Å². The van der Waals surface area contributed by atoms with Crippen LogP contribution in [0.1, 0.15) is 26.7 Å². The Balaban J connectivity index is 2.10. The summed E-state index contributed by atoms with van der Waals surface area (Å²) in [6, 6.07) is 7.47. The number of aromatic nitrogens is 4. The largest absolute Gasteiger partial charge is 0.339 e. The van der Waals surface area contributed by atoms with Gasteiger partial charge in [-0.05, 0) is 12.3 Å². The van der Waals surface area contributed by atoms with E-state index in [-0.39, 0.29) is 17.5 Å². The molecule has 6 nitrogen and oxygen atoms in total. The minimum atomic E-state index is -0.314. The van der Waals surface area contributed by atoms with Gasteiger partial charge in [-0.25, -0.2) is 0 Å². The Labute approximate surface area is 123 Å². The topological polar surface area (TPSA) is 69.8 Å². The number of para-hydroxylation sites is 1. The second-order valence-corrected chi connectivity index (χ2v) is 5.54. The molecule has 0 spiro atoms. The summed E-state index contributed by atoms with van der Waals surface area (Å²) < 4.78 is 2.85. The van der Waals surface area contributed by atoms with Crippen molar-refractivity contribution in [1.82, 2.24) is 19.3 Å². The van der Waals surface area contributed by atoms with Crippen LogP contribution >= 0.6 is 11.8 Å². The Hall–Kier alpha value is -2.41. The van der Waals surface area contributed by atoms with Gasteiger partial charge in [0.25, 0.3) is 5.91 Å². The van der Waals surface area contributed by atoms with Crippen LogP contribution in [-0.2, 0) is 7.05 Å². The van der Waals surface area contributed by atoms with Crippen LogP contribution in [0.4, 0.5) is 0 Å². The molecule has 0 bridgehead atoms. The molecular weight excluding hydrogens is 288 g/mol. The first-order valence-corrected chi connectivity index (χ1v) is 7.54. The number of aryl methyl sites for hydroxylation is 1. The van der Waals surface area contributed by atoms with Gasteiger partial charge in [0.15, 0.2) is 0 Å². The van der Waals surface area contributed by atoms with Crippen LogP contribution in [0.25, 0.3) is 10.9 Å². The molecule has 0 saturated carbocycles. The lowest BCUT2D eigenvalue weighted by molar-refractivity contribution is 0.0886. The van der Waals surface area contributed by atoms with Crippen molar-refractivity contribution in [3.63, 3.8) is 0 Å². The fourth-order valence-corrected chi connectivity index (χ4v) is 3.09. The maximum atomic E-state index is 12.7. The third-order valence-electron chi connectivity index (χ3n) is 3.70. The van der Waals surface area contributed by atoms with E-state index in [9.17, 15) is 9.59 Å². The van der Waals surface area contributed by atoms with Crippen molar-refractivity contribution in [3.05, 3.63) is 41.3 Å². The molecule has 1 aromatic carbocycles. The van der Waals surface area contributed by atoms with E-state index in [1.807, 2.05) is 24.3 Å². The van der Waals surface area contributed by atoms with Crippen molar-refractivity contribution >= 4 is 34.4 Å². The summed E-state index contributed by atoms with van der Waals surface area (Å²) in [6.07, 6.45) is 1.80. The van der Waals surface area contributed by atoms with Crippen molar-refractivity contribution in [2.24, 2.45) is 7.05 Å². The molecule has 7 heteroatoms. The van der Waals surface area contributed by atoms with Crippen LogP contribution in [0.2, 0.25) is 0 Å². The molecule has 0 fully saturated rings. The number of carbonyl (C=O) groups is 2. The zero-order chi connectivity index (χ0) is 14.7. The number of ketones is 1. The van der Waals surface area contributed by atoms with Gasteiger partial charge in [0.05, 0.1) is 5.56 Å². The number of benzene rings is 1. The third kappa shape index (κ3) is 1.43. The van der Waals surface area contributed by atoms with Crippen molar-refractivity contribution in [2.75, 3.05) is 6.26 Å². The van der Waals surface area contributed by atoms with Crippen molar-refractivity contribution in [1.29, 1.82) is 0 Å². The summed E-state index contributed by atoms with van der Waals surface area (Å²) >= 11 is 1.30. The van der Waals surface area contributed by atoms with Crippen molar-refractivity contribution < 1.29 is 9.59 Å². The molecular formula is C14H10N4O2S. The number of hydrogen-bond donors (Lipinski definition) is 0. The predicted octanol–water partition coefficient (Wildman–Crippen LogP) is 1.72. The highest BCUT2D eigenvalue weighted by Crippen LogP contribution is 2.31. The van der Waals surface area contributed by atoms with Gasteiger partial charge in [0.2, 0.25) is 16.8 Å². The van der Waals surface area contributed by atoms with Gasteiger partial charge in [-0.1, -0.05) is 30.0 Å². The molecule has 4 rings (SSSR count). The van der Waals surface area contributed by atoms with Gasteiger partial charge in [-0.2, -0.15) is 9.67 Å². The van der Waals surface area contributed by atoms with Crippen LogP contribution in [0.5, 0.6) is 0 Å². The zero-order valence-corrected chi connectivity index (χ0v) is 12.1. The second-order valence-electron chi connectivity index (χ2n) is 4.77. The Morgan fingerprint density at radius 3 is 2.71 bits per heavy atom. The van der Waals surface area contributed by atoms with E-state index in [0.717, 1.165) is 15.6 Å². The molecule has 0 amide bonds. The van der Waals surface area contributed by atoms with Crippen LogP contribution in [0.15, 0.2) is 29.4 Å². The Bertz CT molecular complexity index is 938. The third-order valence-corrected chi connectivity index (χ3v) is 4.24. The number of nitrogens with zero attached hydrogens (tertiary/aromatic N) is 4. The average Bonchev–Trinajstić information content (AvgIpc) is 3.06. The van der Waals surface area contributed by atoms with Crippen LogP contribution in [-0.4, -0.2) is 37.3 Å². The van der Waals surface area contributed by atoms with Gasteiger partial charge in [-0.15, -0.1) is 5.10 Å². The van der Waals surface area contributed by atoms with E-state index in [0.29, 0.717) is 16.4 Å². The predicted molar refractivity (Wildman–Crippen MR) is 77.9 cm³/mol. The molecule has 0 radical (unpaired) electrons. The number of thioether (sulfide) groups is 1. The van der Waals surface area contributed by atoms with Gasteiger partial charge in [0.1, 0.15) is 5.69 Å². The lowest BCUT2D eigenvalue weighted by atomic mass is 10.0. The normalized spacial score (nSPS) is 13.6. The molecule has 2 aromatic heterocycles. The first-order valence-electron chi connectivity index (χ1n) is 6.31. The standard InChI is InChI=1S/C14H10N4O2S/c1-17-8-6-4-3-5-7(8)9-10(17)13(20)18-12(11(9)19)15-14(16-18)21-2/h3-6H,1-2H3. The van der Waals surface area contributed by atoms with Crippen molar-refractivity contribution in [3.8, 4) is 0 Å². The van der Waals surface area contributed by atoms with Gasteiger partial charge in [-0.3, -0.25) is 9.59 Å². The van der Waals surface area contributed by atoms with Gasteiger partial charge >= 0.3 is 0 Å². The van der Waals surface area contributed by atoms with E-state index < -0.39 is 0 Å². The molecule has 3 heterocycles. The van der Waals surface area contributed by atoms with E-state index in [4.69, 9.17) is 0 Å². The van der Waals surface area contributed by atoms with E-state index in [1.54, 1.807) is 17.9 Å². The SMILES string of the molecule is CSc1nc2n(n1)C(=O)c1c(c3ccccc3n1C)C2=O. The lowest BCUT2D eigenvalue weighted by Gasteiger charge is -2.12. The molecule has 0 aliphatic carbocycles. The first kappa shape index (κ1) is 12.3. The van der Waals surface area contributed by atoms with E-state index in [2.05, 4.69) is 10.1 Å². The number of rotatable bonds is 1. The van der Waals surface area contributed by atoms with Crippen molar-refractivity contribution in [2.45, 2.75) is 5.16 Å². The summed E-state index contributed by atoms with van der Waals surface area (Å²) in [6.45, 7) is 0. The highest BCUT2D eigenvalue weighted by atomic mass is 32.2. The molecule has 0 saturated heterocycles. The number of hydrogen-bond acceptors (Lipinski definition) is 5. The summed E-state index contributed by atoms with van der Waals surface area (Å²) in [5, 5.41) is 5.29. The van der Waals surface area contributed by atoms with E-state index in [1.165, 1.54) is 11.8 Å². The monoisotopic (exact) mass is 298 g/mol. The number of carbonyl (C=O) groups excluding carboxylic acids is 2. The highest BCUT2D eigenvalue weighted by Gasteiger charge is 2.37. The van der Waals surface area contributed by atoms with Crippen LogP contribution in [0.3, 0.4) is 0 Å². The smallest absolute Gasteiger partial charge is 0.297 e. The maximum absolute atomic E-state index is 12.7. The zero-order valence-electron chi connectivity index (χ0n) is 11.3. The molecule has 1 aliphatic heterocycles. The summed E-state index contributed by atoms with van der Waals surface area (Å²) in [4.78, 5) is 29.5. The Morgan fingerprint density at radius 2 is 1.95 bits per heavy atom. The van der Waals surface area contributed by atoms with Crippen LogP contribution in [0, 0.1) is 0 Å². The minimum absolute atomic E-state index is 0.0909. The van der Waals surface area contributed by atoms with E-state index >= 15 is 0 Å². The minimum Gasteiger partial charge on any atom is -0.339 e. The molecule has 3 aromatic rings. The quantitative estimate of drug-likeness (QED) is 0.500. The summed E-state index contributed by atoms with van der Waals surface area (Å²) in [5.41, 5.74) is 1.64. The molecule has 1 aliphatic rings. The number of fused-ring (bicyclic) bond motifs is 4.